The maximum atomic E-state index is 10.9. The molecule has 0 saturated carbocycles. The normalized spacial score (nSPS) is 11.8. The highest BCUT2D eigenvalue weighted by atomic mass is 32.2. The zero-order chi connectivity index (χ0) is 12.1. The Hall–Kier alpha value is -0.900. The summed E-state index contributed by atoms with van der Waals surface area (Å²) in [5.74, 6) is -0.179. The molecule has 0 bridgehead atoms. The lowest BCUT2D eigenvalue weighted by Gasteiger charge is -1.93. The van der Waals surface area contributed by atoms with Crippen molar-refractivity contribution in [2.45, 2.75) is 52.2 Å². The minimum atomic E-state index is -1.13. The van der Waals surface area contributed by atoms with Gasteiger partial charge in [0.1, 0.15) is 11.4 Å². The van der Waals surface area contributed by atoms with Crippen molar-refractivity contribution in [2.24, 2.45) is 0 Å². The van der Waals surface area contributed by atoms with Crippen LogP contribution in [0.15, 0.2) is 0 Å². The largest absolute Gasteiger partial charge is 0.543 e. The number of aromatic carboxylic acids is 1. The van der Waals surface area contributed by atoms with Crippen LogP contribution in [-0.2, 0) is 12.2 Å². The van der Waals surface area contributed by atoms with Crippen molar-refractivity contribution in [2.75, 3.05) is 0 Å². The Kier molecular flexibility index (Phi) is 4.93. The number of carboxylic acids is 1. The first kappa shape index (κ1) is 13.2. The zero-order valence-electron chi connectivity index (χ0n) is 10.2. The lowest BCUT2D eigenvalue weighted by atomic mass is 10.2. The third-order valence-electron chi connectivity index (χ3n) is 2.70. The summed E-state index contributed by atoms with van der Waals surface area (Å²) in [4.78, 5) is 16.0. The summed E-state index contributed by atoms with van der Waals surface area (Å²) in [5.41, 5.74) is 0.177. The predicted octanol–water partition coefficient (Wildman–Crippen LogP) is 2.26. The molecule has 16 heavy (non-hydrogen) atoms. The Bertz CT molecular complexity index is 371. The first-order chi connectivity index (χ1) is 7.61. The van der Waals surface area contributed by atoms with Gasteiger partial charge in [-0.15, -0.1) is 0 Å². The standard InChI is InChI=1S/C12H19NO2S/c1-4-6-7-8-10-13-11(12(14)15)9(3)16(10)5-2/h4-8H2,1-3H3. The quantitative estimate of drug-likeness (QED) is 0.567. The number of hydrogen-bond donors (Lipinski definition) is 0. The SMILES string of the molecule is CCCCCc1nc(C(=O)[O-])c(C)[s+]1CC. The van der Waals surface area contributed by atoms with Crippen LogP contribution in [0.25, 0.3) is 0 Å². The van der Waals surface area contributed by atoms with Crippen molar-refractivity contribution in [1.29, 1.82) is 0 Å². The molecular weight excluding hydrogens is 222 g/mol. The van der Waals surface area contributed by atoms with Gasteiger partial charge in [-0.2, -0.15) is 4.98 Å². The van der Waals surface area contributed by atoms with E-state index >= 15 is 0 Å². The van der Waals surface area contributed by atoms with Crippen molar-refractivity contribution < 1.29 is 9.90 Å². The molecule has 1 atom stereocenters. The molecule has 1 rings (SSSR count). The molecule has 0 spiro atoms. The van der Waals surface area contributed by atoms with Crippen LogP contribution in [0, 0.1) is 6.92 Å². The first-order valence-corrected chi connectivity index (χ1v) is 7.21. The highest BCUT2D eigenvalue weighted by Gasteiger charge is 2.23. The maximum Gasteiger partial charge on any atom is 0.242 e. The van der Waals surface area contributed by atoms with E-state index in [2.05, 4.69) is 18.8 Å². The minimum absolute atomic E-state index is 0.0621. The van der Waals surface area contributed by atoms with E-state index < -0.39 is 5.97 Å². The Labute approximate surface area is 99.5 Å². The number of carboxylic acid groups (broad SMARTS) is 1. The number of aromatic nitrogens is 1. The summed E-state index contributed by atoms with van der Waals surface area (Å²) < 4.78 is 0. The fraction of sp³-hybridized carbons (Fsp3) is 0.667. The van der Waals surface area contributed by atoms with Gasteiger partial charge in [-0.3, -0.25) is 0 Å². The second-order valence-electron chi connectivity index (χ2n) is 3.83. The molecule has 90 valence electrons. The smallest absolute Gasteiger partial charge is 0.242 e. The summed E-state index contributed by atoms with van der Waals surface area (Å²) >= 11 is 0. The third-order valence-corrected chi connectivity index (χ3v) is 5.07. The van der Waals surface area contributed by atoms with Crippen LogP contribution < -0.4 is 5.11 Å². The molecule has 1 aromatic rings. The molecule has 0 aliphatic carbocycles. The number of thiazole rings is 1. The summed E-state index contributed by atoms with van der Waals surface area (Å²) in [6.45, 7) is 6.11. The van der Waals surface area contributed by atoms with Crippen LogP contribution in [0.3, 0.4) is 0 Å². The molecule has 1 unspecified atom stereocenters. The number of aryl methyl sites for hydroxylation is 1. The Balaban J connectivity index is 2.90. The van der Waals surface area contributed by atoms with E-state index in [4.69, 9.17) is 0 Å². The van der Waals surface area contributed by atoms with Gasteiger partial charge >= 0.3 is 0 Å². The average Bonchev–Trinajstić information content (AvgIpc) is 2.55. The van der Waals surface area contributed by atoms with Crippen LogP contribution in [0.4, 0.5) is 0 Å². The molecule has 0 aliphatic rings. The second-order valence-corrected chi connectivity index (χ2v) is 6.28. The van der Waals surface area contributed by atoms with Crippen molar-refractivity contribution in [3.63, 3.8) is 0 Å². The monoisotopic (exact) mass is 241 g/mol. The predicted molar refractivity (Wildman–Crippen MR) is 64.7 cm³/mol. The van der Waals surface area contributed by atoms with Gasteiger partial charge in [0, 0.05) is 23.8 Å². The fourth-order valence-corrected chi connectivity index (χ4v) is 3.90. The Morgan fingerprint density at radius 1 is 1.38 bits per heavy atom. The summed E-state index contributed by atoms with van der Waals surface area (Å²) in [7, 11) is -0.0621. The lowest BCUT2D eigenvalue weighted by molar-refractivity contribution is -0.255. The summed E-state index contributed by atoms with van der Waals surface area (Å²) in [5, 5.41) is 11.9. The Morgan fingerprint density at radius 2 is 2.06 bits per heavy atom. The molecule has 0 amide bonds. The van der Waals surface area contributed by atoms with Crippen LogP contribution in [0.2, 0.25) is 0 Å². The van der Waals surface area contributed by atoms with E-state index in [0.717, 1.165) is 28.5 Å². The molecule has 0 fully saturated rings. The third kappa shape index (κ3) is 2.82. The van der Waals surface area contributed by atoms with Gasteiger partial charge < -0.3 is 9.90 Å². The molecule has 0 saturated heterocycles. The van der Waals surface area contributed by atoms with E-state index in [1.165, 1.54) is 12.8 Å². The van der Waals surface area contributed by atoms with Crippen LogP contribution in [-0.4, -0.2) is 11.0 Å². The molecule has 0 aromatic carbocycles. The summed E-state index contributed by atoms with van der Waals surface area (Å²) in [6.07, 6.45) is 4.39. The van der Waals surface area contributed by atoms with Crippen LogP contribution in [0.5, 0.6) is 0 Å². The first-order valence-electron chi connectivity index (χ1n) is 5.82. The fourth-order valence-electron chi connectivity index (χ4n) is 1.83. The van der Waals surface area contributed by atoms with Crippen LogP contribution in [0.1, 0.15) is 53.5 Å². The molecule has 4 heteroatoms. The van der Waals surface area contributed by atoms with Crippen LogP contribution >= 0.6 is 10.5 Å². The van der Waals surface area contributed by atoms with Gasteiger partial charge in [0.2, 0.25) is 5.01 Å². The van der Waals surface area contributed by atoms with Crippen molar-refractivity contribution in [1.82, 2.24) is 4.98 Å². The number of nitrogens with zero attached hydrogens (tertiary/aromatic N) is 1. The van der Waals surface area contributed by atoms with Crippen molar-refractivity contribution >= 4 is 16.4 Å². The topological polar surface area (TPSA) is 53.0 Å². The number of unbranched alkanes of at least 4 members (excludes halogenated alkanes) is 2. The van der Waals surface area contributed by atoms with E-state index in [9.17, 15) is 9.90 Å². The molecule has 1 aromatic heterocycles. The molecule has 1 heterocycles. The number of carbonyl (C=O) groups is 1. The van der Waals surface area contributed by atoms with Gasteiger partial charge in [0.15, 0.2) is 4.88 Å². The number of hydrogen-bond acceptors (Lipinski definition) is 3. The van der Waals surface area contributed by atoms with Gasteiger partial charge in [-0.25, -0.2) is 0 Å². The minimum Gasteiger partial charge on any atom is -0.543 e. The van der Waals surface area contributed by atoms with E-state index in [0.29, 0.717) is 0 Å². The molecule has 0 N–H and O–H groups in total. The molecule has 0 radical (unpaired) electrons. The Morgan fingerprint density at radius 3 is 2.56 bits per heavy atom. The van der Waals surface area contributed by atoms with E-state index in [1.54, 1.807) is 0 Å². The van der Waals surface area contributed by atoms with Gasteiger partial charge in [-0.05, 0) is 13.3 Å². The number of carbonyl (C=O) groups excluding carboxylic acids is 1. The van der Waals surface area contributed by atoms with Gasteiger partial charge in [0.25, 0.3) is 0 Å². The van der Waals surface area contributed by atoms with Gasteiger partial charge in [0.05, 0.1) is 5.97 Å². The van der Waals surface area contributed by atoms with Crippen molar-refractivity contribution in [3.8, 4) is 0 Å². The lowest BCUT2D eigenvalue weighted by Crippen LogP contribution is -2.23. The van der Waals surface area contributed by atoms with Crippen molar-refractivity contribution in [3.05, 3.63) is 15.6 Å². The molecular formula is C12H19NO2S. The average molecular weight is 241 g/mol. The maximum absolute atomic E-state index is 10.9. The highest BCUT2D eigenvalue weighted by Crippen LogP contribution is 2.32. The molecule has 3 nitrogen and oxygen atoms in total. The molecule has 0 aliphatic heterocycles. The van der Waals surface area contributed by atoms with E-state index in [1.807, 2.05) is 6.92 Å². The van der Waals surface area contributed by atoms with Gasteiger partial charge in [-0.1, -0.05) is 19.8 Å². The van der Waals surface area contributed by atoms with E-state index in [-0.39, 0.29) is 16.2 Å². The summed E-state index contributed by atoms with van der Waals surface area (Å²) in [6, 6.07) is 0. The highest BCUT2D eigenvalue weighted by molar-refractivity contribution is 7.30. The second kappa shape index (κ2) is 5.99. The zero-order valence-corrected chi connectivity index (χ0v) is 11.0. The number of rotatable bonds is 6.